The van der Waals surface area contributed by atoms with Gasteiger partial charge in [-0.05, 0) is 6.07 Å². The van der Waals surface area contributed by atoms with Crippen molar-refractivity contribution in [3.05, 3.63) is 55.1 Å². The van der Waals surface area contributed by atoms with E-state index in [0.29, 0.717) is 6.07 Å². The molecule has 3 heterocycles. The van der Waals surface area contributed by atoms with Crippen molar-refractivity contribution >= 4 is 34.0 Å². The zero-order valence-electron chi connectivity index (χ0n) is 16.7. The second-order valence-electron chi connectivity index (χ2n) is 6.99. The van der Waals surface area contributed by atoms with Crippen molar-refractivity contribution in [2.75, 3.05) is 12.3 Å². The Labute approximate surface area is 186 Å². The molecule has 0 aliphatic carbocycles. The zero-order chi connectivity index (χ0) is 24.7. The van der Waals surface area contributed by atoms with Crippen LogP contribution in [0.1, 0.15) is 6.23 Å². The number of nitrogen functional groups attached to an aromatic ring is 1. The Morgan fingerprint density at radius 2 is 1.74 bits per heavy atom. The maximum absolute atomic E-state index is 11.4. The highest BCUT2D eigenvalue weighted by atomic mass is 16.7. The number of hydrogen-bond donors (Lipinski definition) is 3. The van der Waals surface area contributed by atoms with Crippen LogP contribution in [-0.4, -0.2) is 69.4 Å². The maximum Gasteiger partial charge on any atom is 0.426 e. The fourth-order valence-electron chi connectivity index (χ4n) is 3.50. The average molecular weight is 478 g/mol. The number of aliphatic hydroxyl groups is 2. The molecule has 178 valence electrons. The van der Waals surface area contributed by atoms with Gasteiger partial charge in [0.25, 0.3) is 0 Å². The minimum Gasteiger partial charge on any atom is -0.484 e. The van der Waals surface area contributed by atoms with Gasteiger partial charge in [0.2, 0.25) is 5.75 Å². The molecule has 1 aromatic carbocycles. The molecule has 0 radical (unpaired) electrons. The molecule has 0 unspecified atom stereocenters. The lowest BCUT2D eigenvalue weighted by molar-refractivity contribution is -0.441. The first-order chi connectivity index (χ1) is 16.1. The summed E-state index contributed by atoms with van der Waals surface area (Å²) in [5.41, 5.74) is 2.46. The molecule has 18 heteroatoms. The number of ether oxygens (including phenoxy) is 2. The largest absolute Gasteiger partial charge is 0.484 e. The number of aromatic nitrogens is 4. The number of aliphatic hydroxyl groups excluding tert-OH is 2. The minimum atomic E-state index is -1.55. The SMILES string of the molecule is Nc1ncnc2c1ncn2[C@@H]1O[C@H](COc2ccc([N+](=O)[O-])c([N+](=O)[O-])c2[N+](=O)[O-])[C@@H](O)[C@H]1O. The van der Waals surface area contributed by atoms with Crippen molar-refractivity contribution in [3.8, 4) is 5.75 Å². The summed E-state index contributed by atoms with van der Waals surface area (Å²) < 4.78 is 12.2. The molecule has 1 aliphatic heterocycles. The van der Waals surface area contributed by atoms with E-state index in [-0.39, 0.29) is 17.0 Å². The molecule has 0 amide bonds. The fraction of sp³-hybridized carbons (Fsp3) is 0.312. The highest BCUT2D eigenvalue weighted by molar-refractivity contribution is 5.81. The van der Waals surface area contributed by atoms with Gasteiger partial charge < -0.3 is 25.4 Å². The Morgan fingerprint density at radius 3 is 2.38 bits per heavy atom. The molecule has 3 aromatic rings. The topological polar surface area (TPSA) is 258 Å². The Bertz CT molecular complexity index is 1310. The van der Waals surface area contributed by atoms with Gasteiger partial charge in [0.15, 0.2) is 17.7 Å². The van der Waals surface area contributed by atoms with Gasteiger partial charge in [-0.15, -0.1) is 0 Å². The van der Waals surface area contributed by atoms with Crippen molar-refractivity contribution in [1.29, 1.82) is 0 Å². The van der Waals surface area contributed by atoms with Crippen LogP contribution in [0.15, 0.2) is 24.8 Å². The first-order valence-electron chi connectivity index (χ1n) is 9.29. The van der Waals surface area contributed by atoms with Gasteiger partial charge >= 0.3 is 17.1 Å². The molecule has 1 saturated heterocycles. The van der Waals surface area contributed by atoms with Gasteiger partial charge in [0, 0.05) is 6.07 Å². The number of imidazole rings is 1. The second-order valence-corrected chi connectivity index (χ2v) is 6.99. The van der Waals surface area contributed by atoms with E-state index in [1.165, 1.54) is 10.9 Å². The van der Waals surface area contributed by atoms with Gasteiger partial charge in [0.05, 0.1) is 21.1 Å². The summed E-state index contributed by atoms with van der Waals surface area (Å²) in [6, 6.07) is 1.51. The van der Waals surface area contributed by atoms with Crippen LogP contribution >= 0.6 is 0 Å². The summed E-state index contributed by atoms with van der Waals surface area (Å²) >= 11 is 0. The summed E-state index contributed by atoms with van der Waals surface area (Å²) in [5, 5.41) is 54.6. The number of nitrogens with zero attached hydrogens (tertiary/aromatic N) is 7. The van der Waals surface area contributed by atoms with E-state index in [1.807, 2.05) is 0 Å². The summed E-state index contributed by atoms with van der Waals surface area (Å²) in [5.74, 6) is -0.589. The van der Waals surface area contributed by atoms with E-state index in [1.54, 1.807) is 0 Å². The van der Waals surface area contributed by atoms with E-state index in [2.05, 4.69) is 15.0 Å². The van der Waals surface area contributed by atoms with Crippen LogP contribution in [-0.2, 0) is 4.74 Å². The molecule has 0 saturated carbocycles. The Hall–Kier alpha value is -4.55. The molecular formula is C16H14N8O10. The zero-order valence-corrected chi connectivity index (χ0v) is 16.7. The Balaban J connectivity index is 1.60. The second kappa shape index (κ2) is 8.42. The number of fused-ring (bicyclic) bond motifs is 1. The van der Waals surface area contributed by atoms with Crippen LogP contribution < -0.4 is 10.5 Å². The van der Waals surface area contributed by atoms with E-state index >= 15 is 0 Å². The predicted molar refractivity (Wildman–Crippen MR) is 108 cm³/mol. The lowest BCUT2D eigenvalue weighted by Crippen LogP contribution is -2.34. The maximum atomic E-state index is 11.4. The lowest BCUT2D eigenvalue weighted by atomic mass is 10.1. The number of nitro groups is 3. The van der Waals surface area contributed by atoms with Gasteiger partial charge in [0.1, 0.15) is 36.8 Å². The van der Waals surface area contributed by atoms with Gasteiger partial charge in [-0.2, -0.15) is 0 Å². The summed E-state index contributed by atoms with van der Waals surface area (Å²) in [6.07, 6.45) is -3.11. The third-order valence-electron chi connectivity index (χ3n) is 5.06. The van der Waals surface area contributed by atoms with Crippen molar-refractivity contribution < 1.29 is 34.5 Å². The Kier molecular flexibility index (Phi) is 5.61. The third-order valence-corrected chi connectivity index (χ3v) is 5.06. The summed E-state index contributed by atoms with van der Waals surface area (Å²) in [4.78, 5) is 42.0. The number of rotatable bonds is 7. The molecule has 0 spiro atoms. The quantitative estimate of drug-likeness (QED) is 0.294. The number of nitrogens with two attached hydrogens (primary N) is 1. The predicted octanol–water partition coefficient (Wildman–Crippen LogP) is -0.169. The molecule has 4 atom stereocenters. The lowest BCUT2D eigenvalue weighted by Gasteiger charge is -2.16. The van der Waals surface area contributed by atoms with Crippen molar-refractivity contribution in [2.24, 2.45) is 0 Å². The Morgan fingerprint density at radius 1 is 1.03 bits per heavy atom. The third kappa shape index (κ3) is 3.66. The normalized spacial score (nSPS) is 22.1. The molecule has 4 rings (SSSR count). The van der Waals surface area contributed by atoms with E-state index in [0.717, 1.165) is 12.4 Å². The first-order valence-corrected chi connectivity index (χ1v) is 9.29. The molecule has 0 bridgehead atoms. The average Bonchev–Trinajstić information content (AvgIpc) is 3.33. The summed E-state index contributed by atoms with van der Waals surface area (Å²) in [7, 11) is 0. The molecule has 18 nitrogen and oxygen atoms in total. The van der Waals surface area contributed by atoms with E-state index in [4.69, 9.17) is 15.2 Å². The van der Waals surface area contributed by atoms with E-state index < -0.39 is 68.7 Å². The van der Waals surface area contributed by atoms with Crippen LogP contribution in [0.25, 0.3) is 11.2 Å². The molecule has 1 aliphatic rings. The van der Waals surface area contributed by atoms with Gasteiger partial charge in [-0.1, -0.05) is 0 Å². The molecule has 4 N–H and O–H groups in total. The van der Waals surface area contributed by atoms with Gasteiger partial charge in [-0.25, -0.2) is 15.0 Å². The van der Waals surface area contributed by atoms with Crippen molar-refractivity contribution in [2.45, 2.75) is 24.5 Å². The van der Waals surface area contributed by atoms with E-state index in [9.17, 15) is 40.6 Å². The molecule has 1 fully saturated rings. The number of hydrogen-bond acceptors (Lipinski definition) is 14. The smallest absolute Gasteiger partial charge is 0.426 e. The molecule has 34 heavy (non-hydrogen) atoms. The van der Waals surface area contributed by atoms with Crippen molar-refractivity contribution in [3.63, 3.8) is 0 Å². The van der Waals surface area contributed by atoms with Gasteiger partial charge in [-0.3, -0.25) is 34.9 Å². The fourth-order valence-corrected chi connectivity index (χ4v) is 3.50. The first kappa shape index (κ1) is 22.6. The van der Waals surface area contributed by atoms with Crippen LogP contribution in [0.4, 0.5) is 22.9 Å². The molecule has 2 aromatic heterocycles. The highest BCUT2D eigenvalue weighted by Crippen LogP contribution is 2.43. The van der Waals surface area contributed by atoms with Crippen LogP contribution in [0.2, 0.25) is 0 Å². The highest BCUT2D eigenvalue weighted by Gasteiger charge is 2.46. The minimum absolute atomic E-state index is 0.0729. The standard InChI is InChI=1S/C16H14N8O10/c17-14-9-15(19-4-18-14)21(5-20-9)16-13(26)12(25)8(34-16)3-33-7-2-1-6(22(27)28)10(23(29)30)11(7)24(31)32/h1-2,4-5,8,12-13,16,25-26H,3H2,(H2,17,18,19)/t8-,12-,13-,16-/m1/s1. The van der Waals surface area contributed by atoms with Crippen LogP contribution in [0.3, 0.4) is 0 Å². The number of nitro benzene ring substituents is 3. The molecular weight excluding hydrogens is 464 g/mol. The number of benzene rings is 1. The van der Waals surface area contributed by atoms with Crippen LogP contribution in [0, 0.1) is 30.3 Å². The summed E-state index contributed by atoms with van der Waals surface area (Å²) in [6.45, 7) is -0.603. The number of anilines is 1. The van der Waals surface area contributed by atoms with Crippen LogP contribution in [0.5, 0.6) is 5.75 Å². The monoisotopic (exact) mass is 478 g/mol. The van der Waals surface area contributed by atoms with Crippen molar-refractivity contribution in [1.82, 2.24) is 19.5 Å².